The van der Waals surface area contributed by atoms with Gasteiger partial charge < -0.3 is 0 Å². The summed E-state index contributed by atoms with van der Waals surface area (Å²) in [7, 11) is -3.61. The van der Waals surface area contributed by atoms with E-state index in [4.69, 9.17) is 0 Å². The van der Waals surface area contributed by atoms with Gasteiger partial charge in [0.05, 0.1) is 4.90 Å². The van der Waals surface area contributed by atoms with Gasteiger partial charge in [0.1, 0.15) is 0 Å². The molecule has 0 spiro atoms. The zero-order valence-corrected chi connectivity index (χ0v) is 17.7. The van der Waals surface area contributed by atoms with E-state index in [0.29, 0.717) is 6.42 Å². The molecule has 28 heavy (non-hydrogen) atoms. The van der Waals surface area contributed by atoms with Crippen LogP contribution in [0.1, 0.15) is 30.0 Å². The third kappa shape index (κ3) is 5.89. The molecule has 0 fully saturated rings. The van der Waals surface area contributed by atoms with Crippen LogP contribution in [0.25, 0.3) is 6.08 Å². The summed E-state index contributed by atoms with van der Waals surface area (Å²) in [6.07, 6.45) is 5.57. The molecule has 1 unspecified atom stereocenters. The lowest BCUT2D eigenvalue weighted by atomic mass is 10.0. The number of hydrogen-bond donors (Lipinski definition) is 1. The van der Waals surface area contributed by atoms with Crippen molar-refractivity contribution in [2.75, 3.05) is 0 Å². The van der Waals surface area contributed by atoms with Gasteiger partial charge in [-0.3, -0.25) is 0 Å². The smallest absolute Gasteiger partial charge is 0.207 e. The Morgan fingerprint density at radius 3 is 2.11 bits per heavy atom. The first kappa shape index (κ1) is 20.5. The molecule has 3 nitrogen and oxygen atoms in total. The Kier molecular flexibility index (Phi) is 7.20. The van der Waals surface area contributed by atoms with Gasteiger partial charge in [0.15, 0.2) is 0 Å². The predicted octanol–water partition coefficient (Wildman–Crippen LogP) is 5.96. The molecule has 0 radical (unpaired) electrons. The fourth-order valence-corrected chi connectivity index (χ4v) is 4.42. The molecule has 0 aliphatic heterocycles. The second-order valence-corrected chi connectivity index (χ2v) is 9.06. The maximum Gasteiger partial charge on any atom is 0.241 e. The lowest BCUT2D eigenvalue weighted by Gasteiger charge is -2.19. The van der Waals surface area contributed by atoms with Crippen molar-refractivity contribution in [1.82, 2.24) is 4.72 Å². The van der Waals surface area contributed by atoms with E-state index in [-0.39, 0.29) is 10.9 Å². The minimum absolute atomic E-state index is 0.261. The van der Waals surface area contributed by atoms with Crippen molar-refractivity contribution >= 4 is 32.0 Å². The minimum Gasteiger partial charge on any atom is -0.207 e. The van der Waals surface area contributed by atoms with Gasteiger partial charge in [0, 0.05) is 10.5 Å². The Labute approximate surface area is 175 Å². The molecule has 1 N–H and O–H groups in total. The first-order valence-corrected chi connectivity index (χ1v) is 11.4. The van der Waals surface area contributed by atoms with E-state index in [9.17, 15) is 8.42 Å². The van der Waals surface area contributed by atoms with E-state index in [2.05, 4.69) is 32.8 Å². The predicted molar refractivity (Wildman–Crippen MR) is 118 cm³/mol. The lowest BCUT2D eigenvalue weighted by Crippen LogP contribution is -2.28. The zero-order valence-electron chi connectivity index (χ0n) is 15.3. The van der Waals surface area contributed by atoms with E-state index in [1.807, 2.05) is 60.7 Å². The molecule has 0 heterocycles. The lowest BCUT2D eigenvalue weighted by molar-refractivity contribution is 0.542. The van der Waals surface area contributed by atoms with E-state index >= 15 is 0 Å². The molecule has 0 amide bonds. The van der Waals surface area contributed by atoms with E-state index in [1.54, 1.807) is 24.3 Å². The average Bonchev–Trinajstić information content (AvgIpc) is 2.72. The van der Waals surface area contributed by atoms with Crippen LogP contribution in [0, 0.1) is 0 Å². The van der Waals surface area contributed by atoms with E-state index in [1.165, 1.54) is 0 Å². The maximum atomic E-state index is 12.8. The molecule has 0 saturated heterocycles. The highest BCUT2D eigenvalue weighted by Gasteiger charge is 2.20. The van der Waals surface area contributed by atoms with Gasteiger partial charge in [-0.2, -0.15) is 0 Å². The third-order valence-corrected chi connectivity index (χ3v) is 6.37. The van der Waals surface area contributed by atoms with Crippen LogP contribution in [0.4, 0.5) is 0 Å². The van der Waals surface area contributed by atoms with Crippen molar-refractivity contribution < 1.29 is 8.42 Å². The van der Waals surface area contributed by atoms with Crippen molar-refractivity contribution in [3.05, 3.63) is 107 Å². The number of allylic oxidation sites excluding steroid dienone is 1. The second-order valence-electron chi connectivity index (χ2n) is 6.43. The van der Waals surface area contributed by atoms with Crippen LogP contribution in [0.5, 0.6) is 0 Å². The van der Waals surface area contributed by atoms with Crippen molar-refractivity contribution in [2.24, 2.45) is 0 Å². The molecule has 0 bridgehead atoms. The fraction of sp³-hybridized carbons (Fsp3) is 0.130. The van der Waals surface area contributed by atoms with E-state index in [0.717, 1.165) is 22.0 Å². The Balaban J connectivity index is 1.74. The van der Waals surface area contributed by atoms with Crippen LogP contribution in [-0.2, 0) is 10.0 Å². The van der Waals surface area contributed by atoms with Crippen LogP contribution >= 0.6 is 15.9 Å². The topological polar surface area (TPSA) is 46.2 Å². The third-order valence-electron chi connectivity index (χ3n) is 4.36. The summed E-state index contributed by atoms with van der Waals surface area (Å²) < 4.78 is 29.4. The molecule has 1 atom stereocenters. The van der Waals surface area contributed by atoms with Crippen molar-refractivity contribution in [3.8, 4) is 0 Å². The Bertz CT molecular complexity index is 1000. The van der Waals surface area contributed by atoms with Crippen LogP contribution in [0.15, 0.2) is 100 Å². The summed E-state index contributed by atoms with van der Waals surface area (Å²) in [6, 6.07) is 26.1. The largest absolute Gasteiger partial charge is 0.241 e. The molecule has 0 aromatic heterocycles. The highest BCUT2D eigenvalue weighted by molar-refractivity contribution is 9.10. The van der Waals surface area contributed by atoms with E-state index < -0.39 is 10.0 Å². The first-order chi connectivity index (χ1) is 13.5. The summed E-state index contributed by atoms with van der Waals surface area (Å²) in [4.78, 5) is 0.261. The standard InChI is InChI=1S/C23H22BrNO2S/c24-21-15-17-22(18-16-21)28(26,27)25-23(20-12-5-2-6-13-20)14-8-7-11-19-9-3-1-4-10-19/h1-7,9-13,15-18,23,25H,8,14H2/b11-7+. The molecule has 144 valence electrons. The van der Waals surface area contributed by atoms with Crippen LogP contribution in [0.3, 0.4) is 0 Å². The van der Waals surface area contributed by atoms with Crippen LogP contribution in [0.2, 0.25) is 0 Å². The number of nitrogens with one attached hydrogen (secondary N) is 1. The Hall–Kier alpha value is -2.21. The number of hydrogen-bond acceptors (Lipinski definition) is 2. The van der Waals surface area contributed by atoms with Gasteiger partial charge in [-0.05, 0) is 48.2 Å². The monoisotopic (exact) mass is 455 g/mol. The number of halogens is 1. The molecular weight excluding hydrogens is 434 g/mol. The maximum absolute atomic E-state index is 12.8. The normalized spacial score (nSPS) is 12.9. The molecule has 0 saturated carbocycles. The molecule has 3 aromatic rings. The molecule has 3 aromatic carbocycles. The van der Waals surface area contributed by atoms with Gasteiger partial charge in [-0.1, -0.05) is 88.7 Å². The van der Waals surface area contributed by atoms with Crippen molar-refractivity contribution in [1.29, 1.82) is 0 Å². The summed E-state index contributed by atoms with van der Waals surface area (Å²) in [5, 5.41) is 0. The highest BCUT2D eigenvalue weighted by Crippen LogP contribution is 2.23. The molecule has 0 aliphatic rings. The summed E-state index contributed by atoms with van der Waals surface area (Å²) in [6.45, 7) is 0. The van der Waals surface area contributed by atoms with Gasteiger partial charge in [-0.25, -0.2) is 13.1 Å². The minimum atomic E-state index is -3.61. The van der Waals surface area contributed by atoms with Gasteiger partial charge in [0.25, 0.3) is 0 Å². The van der Waals surface area contributed by atoms with Gasteiger partial charge in [-0.15, -0.1) is 0 Å². The Morgan fingerprint density at radius 2 is 1.46 bits per heavy atom. The van der Waals surface area contributed by atoms with Gasteiger partial charge in [0.2, 0.25) is 10.0 Å². The first-order valence-electron chi connectivity index (χ1n) is 9.09. The summed E-state index contributed by atoms with van der Waals surface area (Å²) >= 11 is 3.34. The highest BCUT2D eigenvalue weighted by atomic mass is 79.9. The van der Waals surface area contributed by atoms with Gasteiger partial charge >= 0.3 is 0 Å². The fourth-order valence-electron chi connectivity index (χ4n) is 2.89. The average molecular weight is 456 g/mol. The number of sulfonamides is 1. The zero-order chi connectivity index (χ0) is 19.8. The number of rotatable bonds is 8. The summed E-state index contributed by atoms with van der Waals surface area (Å²) in [5.74, 6) is 0. The molecule has 5 heteroatoms. The van der Waals surface area contributed by atoms with Crippen LogP contribution in [-0.4, -0.2) is 8.42 Å². The molecular formula is C23H22BrNO2S. The Morgan fingerprint density at radius 1 is 0.857 bits per heavy atom. The molecule has 3 rings (SSSR count). The summed E-state index contributed by atoms with van der Waals surface area (Å²) in [5.41, 5.74) is 2.09. The molecule has 0 aliphatic carbocycles. The van der Waals surface area contributed by atoms with Crippen molar-refractivity contribution in [3.63, 3.8) is 0 Å². The second kappa shape index (κ2) is 9.82. The quantitative estimate of drug-likeness (QED) is 0.455. The number of benzene rings is 3. The SMILES string of the molecule is O=S(=O)(NC(CC/C=C/c1ccccc1)c1ccccc1)c1ccc(Br)cc1. The van der Waals surface area contributed by atoms with Crippen LogP contribution < -0.4 is 4.72 Å². The van der Waals surface area contributed by atoms with Crippen molar-refractivity contribution in [2.45, 2.75) is 23.8 Å².